The van der Waals surface area contributed by atoms with E-state index in [2.05, 4.69) is 27.8 Å². The first-order chi connectivity index (χ1) is 11.6. The molecule has 2 N–H and O–H groups in total. The van der Waals surface area contributed by atoms with Crippen LogP contribution in [0.3, 0.4) is 0 Å². The van der Waals surface area contributed by atoms with Gasteiger partial charge in [0.15, 0.2) is 0 Å². The summed E-state index contributed by atoms with van der Waals surface area (Å²) in [5.74, 6) is -0.657. The Kier molecular flexibility index (Phi) is 3.68. The van der Waals surface area contributed by atoms with Crippen molar-refractivity contribution in [3.8, 4) is 0 Å². The van der Waals surface area contributed by atoms with Crippen LogP contribution >= 0.6 is 12.2 Å². The van der Waals surface area contributed by atoms with E-state index in [1.165, 1.54) is 28.6 Å². The van der Waals surface area contributed by atoms with Crippen LogP contribution in [0.1, 0.15) is 24.0 Å². The lowest BCUT2D eigenvalue weighted by atomic mass is 10.1. The minimum Gasteiger partial charge on any atom is -0.312 e. The Morgan fingerprint density at radius 2 is 2.17 bits per heavy atom. The summed E-state index contributed by atoms with van der Waals surface area (Å²) < 4.78 is 1.66. The van der Waals surface area contributed by atoms with Gasteiger partial charge in [-0.3, -0.25) is 20.1 Å². The number of nitrogens with one attached hydrogen (secondary N) is 2. The van der Waals surface area contributed by atoms with Crippen LogP contribution in [0.25, 0.3) is 0 Å². The van der Waals surface area contributed by atoms with E-state index in [1.807, 2.05) is 6.07 Å². The van der Waals surface area contributed by atoms with Crippen LogP contribution in [0, 0.1) is 10.7 Å². The van der Waals surface area contributed by atoms with Gasteiger partial charge in [0.2, 0.25) is 16.6 Å². The van der Waals surface area contributed by atoms with E-state index in [9.17, 15) is 9.59 Å². The van der Waals surface area contributed by atoms with E-state index in [0.29, 0.717) is 11.3 Å². The average molecular weight is 343 g/mol. The predicted molar refractivity (Wildman–Crippen MR) is 90.7 cm³/mol. The number of benzene rings is 1. The number of H-pyrrole nitrogens is 1. The van der Waals surface area contributed by atoms with Crippen LogP contribution in [0.2, 0.25) is 0 Å². The van der Waals surface area contributed by atoms with E-state index >= 15 is 0 Å². The first-order valence-electron chi connectivity index (χ1n) is 7.97. The second-order valence-corrected chi connectivity index (χ2v) is 6.61. The molecule has 1 saturated heterocycles. The summed E-state index contributed by atoms with van der Waals surface area (Å²) in [4.78, 5) is 26.4. The van der Waals surface area contributed by atoms with E-state index in [4.69, 9.17) is 12.2 Å². The fourth-order valence-electron chi connectivity index (χ4n) is 3.40. The molecule has 1 aromatic carbocycles. The van der Waals surface area contributed by atoms with Gasteiger partial charge in [-0.05, 0) is 54.7 Å². The minimum atomic E-state index is -0.400. The quantitative estimate of drug-likeness (QED) is 0.829. The molecule has 1 aliphatic carbocycles. The van der Waals surface area contributed by atoms with Crippen molar-refractivity contribution in [3.63, 3.8) is 0 Å². The predicted octanol–water partition coefficient (Wildman–Crippen LogP) is 1.55. The van der Waals surface area contributed by atoms with Gasteiger partial charge in [-0.1, -0.05) is 6.07 Å². The molecule has 2 aliphatic rings. The standard InChI is InChI=1S/C16H17N5O2S/c22-14-7-12(15(23)19-21-9-17-18-16(21)24)8-20(14)13-5-4-10-2-1-3-11(10)6-13/h4-6,9,12H,1-3,7-8H2,(H,18,24)(H,19,23). The van der Waals surface area contributed by atoms with Gasteiger partial charge in [0, 0.05) is 18.7 Å². The fraction of sp³-hybridized carbons (Fsp3) is 0.375. The molecule has 1 aliphatic heterocycles. The van der Waals surface area contributed by atoms with Crippen LogP contribution in [0.4, 0.5) is 5.69 Å². The van der Waals surface area contributed by atoms with Crippen molar-refractivity contribution in [2.24, 2.45) is 5.92 Å². The van der Waals surface area contributed by atoms with Gasteiger partial charge < -0.3 is 4.90 Å². The first-order valence-corrected chi connectivity index (χ1v) is 8.38. The molecule has 1 atom stereocenters. The van der Waals surface area contributed by atoms with E-state index in [0.717, 1.165) is 18.5 Å². The van der Waals surface area contributed by atoms with Crippen LogP contribution < -0.4 is 10.3 Å². The number of nitrogens with zero attached hydrogens (tertiary/aromatic N) is 3. The highest BCUT2D eigenvalue weighted by molar-refractivity contribution is 7.71. The Morgan fingerprint density at radius 3 is 2.96 bits per heavy atom. The molecule has 1 fully saturated rings. The molecule has 1 aromatic heterocycles. The SMILES string of the molecule is O=C(Nn1cn[nH]c1=S)C1CC(=O)N(c2ccc3c(c2)CCC3)C1. The highest BCUT2D eigenvalue weighted by Crippen LogP contribution is 2.30. The number of hydrogen-bond acceptors (Lipinski definition) is 4. The maximum Gasteiger partial charge on any atom is 0.244 e. The number of hydrogen-bond donors (Lipinski definition) is 2. The summed E-state index contributed by atoms with van der Waals surface area (Å²) in [7, 11) is 0. The average Bonchev–Trinajstić information content (AvgIpc) is 3.27. The Hall–Kier alpha value is -2.48. The number of fused-ring (bicyclic) bond motifs is 1. The van der Waals surface area contributed by atoms with Gasteiger partial charge >= 0.3 is 0 Å². The number of aryl methyl sites for hydroxylation is 2. The van der Waals surface area contributed by atoms with Crippen molar-refractivity contribution in [3.05, 3.63) is 40.4 Å². The van der Waals surface area contributed by atoms with Crippen LogP contribution in [0.15, 0.2) is 24.5 Å². The van der Waals surface area contributed by atoms with Crippen molar-refractivity contribution >= 4 is 29.7 Å². The summed E-state index contributed by atoms with van der Waals surface area (Å²) in [6.45, 7) is 0.384. The Bertz CT molecular complexity index is 871. The van der Waals surface area contributed by atoms with E-state index in [-0.39, 0.29) is 18.2 Å². The van der Waals surface area contributed by atoms with Gasteiger partial charge in [-0.15, -0.1) is 0 Å². The molecule has 4 rings (SSSR count). The maximum absolute atomic E-state index is 12.4. The van der Waals surface area contributed by atoms with Crippen molar-refractivity contribution in [1.82, 2.24) is 14.9 Å². The highest BCUT2D eigenvalue weighted by atomic mass is 32.1. The monoisotopic (exact) mass is 343 g/mol. The minimum absolute atomic E-state index is 0.0242. The molecule has 0 saturated carbocycles. The number of rotatable bonds is 3. The zero-order valence-electron chi connectivity index (χ0n) is 13.0. The third-order valence-corrected chi connectivity index (χ3v) is 4.96. The maximum atomic E-state index is 12.4. The lowest BCUT2D eigenvalue weighted by molar-refractivity contribution is -0.123. The third kappa shape index (κ3) is 2.62. The summed E-state index contributed by atoms with van der Waals surface area (Å²) in [6.07, 6.45) is 4.94. The second kappa shape index (κ2) is 5.86. The molecule has 8 heteroatoms. The number of anilines is 1. The molecule has 124 valence electrons. The number of aromatic nitrogens is 3. The zero-order chi connectivity index (χ0) is 16.7. The smallest absolute Gasteiger partial charge is 0.244 e. The van der Waals surface area contributed by atoms with Crippen molar-refractivity contribution < 1.29 is 9.59 Å². The number of carbonyl (C=O) groups excluding carboxylic acids is 2. The summed E-state index contributed by atoms with van der Waals surface area (Å²) in [5.41, 5.74) is 6.24. The molecular weight excluding hydrogens is 326 g/mol. The first kappa shape index (κ1) is 15.1. The summed E-state index contributed by atoms with van der Waals surface area (Å²) >= 11 is 5.00. The van der Waals surface area contributed by atoms with Crippen molar-refractivity contribution in [2.75, 3.05) is 16.9 Å². The number of carbonyl (C=O) groups is 2. The van der Waals surface area contributed by atoms with Gasteiger partial charge in [0.1, 0.15) is 6.33 Å². The zero-order valence-corrected chi connectivity index (χ0v) is 13.8. The Labute approximate surface area is 143 Å². The topological polar surface area (TPSA) is 83.0 Å². The van der Waals surface area contributed by atoms with Gasteiger partial charge in [0.25, 0.3) is 0 Å². The third-order valence-electron chi connectivity index (χ3n) is 4.67. The Morgan fingerprint density at radius 1 is 1.33 bits per heavy atom. The molecule has 0 spiro atoms. The lowest BCUT2D eigenvalue weighted by Gasteiger charge is -2.18. The Balaban J connectivity index is 1.49. The molecule has 2 amide bonds. The van der Waals surface area contributed by atoms with Crippen LogP contribution in [-0.4, -0.2) is 33.2 Å². The highest BCUT2D eigenvalue weighted by Gasteiger charge is 2.35. The summed E-state index contributed by atoms with van der Waals surface area (Å²) in [5, 5.41) is 6.32. The van der Waals surface area contributed by atoms with Crippen molar-refractivity contribution in [2.45, 2.75) is 25.7 Å². The molecule has 2 heterocycles. The number of amides is 2. The number of aromatic amines is 1. The molecule has 0 bridgehead atoms. The van der Waals surface area contributed by atoms with Crippen LogP contribution in [0.5, 0.6) is 0 Å². The molecule has 1 unspecified atom stereocenters. The normalized spacial score (nSPS) is 19.6. The second-order valence-electron chi connectivity index (χ2n) is 6.22. The van der Waals surface area contributed by atoms with Gasteiger partial charge in [-0.2, -0.15) is 5.10 Å². The van der Waals surface area contributed by atoms with E-state index < -0.39 is 5.92 Å². The lowest BCUT2D eigenvalue weighted by Crippen LogP contribution is -2.31. The molecule has 0 radical (unpaired) electrons. The van der Waals surface area contributed by atoms with Crippen molar-refractivity contribution in [1.29, 1.82) is 0 Å². The molecule has 7 nitrogen and oxygen atoms in total. The largest absolute Gasteiger partial charge is 0.312 e. The molecular formula is C16H17N5O2S. The van der Waals surface area contributed by atoms with Gasteiger partial charge in [-0.25, -0.2) is 4.68 Å². The molecule has 24 heavy (non-hydrogen) atoms. The van der Waals surface area contributed by atoms with Gasteiger partial charge in [0.05, 0.1) is 5.92 Å². The molecule has 2 aromatic rings. The fourth-order valence-corrected chi connectivity index (χ4v) is 3.54. The summed E-state index contributed by atoms with van der Waals surface area (Å²) in [6, 6.07) is 6.17. The van der Waals surface area contributed by atoms with E-state index in [1.54, 1.807) is 4.90 Å². The van der Waals surface area contributed by atoms with Crippen LogP contribution in [-0.2, 0) is 22.4 Å².